The lowest BCUT2D eigenvalue weighted by atomic mass is 10.3. The predicted octanol–water partition coefficient (Wildman–Crippen LogP) is 1.56. The van der Waals surface area contributed by atoms with Gasteiger partial charge in [0, 0.05) is 13.0 Å². The number of rotatable bonds is 7. The largest absolute Gasteiger partial charge is 0.466 e. The van der Waals surface area contributed by atoms with Gasteiger partial charge in [0.05, 0.1) is 13.2 Å². The summed E-state index contributed by atoms with van der Waals surface area (Å²) in [6, 6.07) is 0. The minimum absolute atomic E-state index is 0.123. The summed E-state index contributed by atoms with van der Waals surface area (Å²) in [7, 11) is 0. The second kappa shape index (κ2) is 7.88. The highest BCUT2D eigenvalue weighted by atomic mass is 79.9. The molecule has 1 aromatic rings. The molecule has 0 aliphatic heterocycles. The van der Waals surface area contributed by atoms with E-state index in [0.717, 1.165) is 0 Å². The monoisotopic (exact) mass is 333 g/mol. The fraction of sp³-hybridized carbons (Fsp3) is 0.636. The standard InChI is InChI=1S/C11H16BrN3O4/c1-3-18-8(16)6-5-7-15-9(10(17)19-4-2)13-11(12)14-15/h3-7H2,1-2H3. The van der Waals surface area contributed by atoms with Gasteiger partial charge in [0.2, 0.25) is 10.6 Å². The van der Waals surface area contributed by atoms with E-state index in [4.69, 9.17) is 9.47 Å². The van der Waals surface area contributed by atoms with E-state index in [1.165, 1.54) is 4.68 Å². The van der Waals surface area contributed by atoms with Gasteiger partial charge in [-0.1, -0.05) is 0 Å². The maximum atomic E-state index is 11.6. The van der Waals surface area contributed by atoms with Crippen molar-refractivity contribution in [1.82, 2.24) is 14.8 Å². The maximum absolute atomic E-state index is 11.6. The number of ether oxygens (including phenoxy) is 2. The minimum atomic E-state index is -0.531. The van der Waals surface area contributed by atoms with Gasteiger partial charge < -0.3 is 9.47 Å². The number of esters is 2. The first-order valence-corrected chi connectivity index (χ1v) is 6.80. The number of nitrogens with zero attached hydrogens (tertiary/aromatic N) is 3. The lowest BCUT2D eigenvalue weighted by molar-refractivity contribution is -0.143. The van der Waals surface area contributed by atoms with Crippen molar-refractivity contribution in [3.8, 4) is 0 Å². The van der Waals surface area contributed by atoms with E-state index in [0.29, 0.717) is 24.3 Å². The van der Waals surface area contributed by atoms with Crippen molar-refractivity contribution in [3.63, 3.8) is 0 Å². The molecule has 0 radical (unpaired) electrons. The Balaban J connectivity index is 2.58. The normalized spacial score (nSPS) is 10.3. The molecule has 0 atom stereocenters. The van der Waals surface area contributed by atoms with Gasteiger partial charge >= 0.3 is 11.9 Å². The fourth-order valence-electron chi connectivity index (χ4n) is 1.42. The molecule has 106 valence electrons. The zero-order valence-corrected chi connectivity index (χ0v) is 12.5. The second-order valence-corrected chi connectivity index (χ2v) is 4.27. The van der Waals surface area contributed by atoms with Crippen LogP contribution in [0.5, 0.6) is 0 Å². The molecule has 1 heterocycles. The van der Waals surface area contributed by atoms with Gasteiger partial charge in [-0.05, 0) is 36.2 Å². The summed E-state index contributed by atoms with van der Waals surface area (Å²) in [5, 5.41) is 4.03. The van der Waals surface area contributed by atoms with Gasteiger partial charge in [0.25, 0.3) is 0 Å². The van der Waals surface area contributed by atoms with Crippen LogP contribution in [0.15, 0.2) is 4.73 Å². The molecule has 0 unspecified atom stereocenters. The van der Waals surface area contributed by atoms with Crippen LogP contribution in [0.3, 0.4) is 0 Å². The minimum Gasteiger partial charge on any atom is -0.466 e. The van der Waals surface area contributed by atoms with Crippen molar-refractivity contribution in [2.45, 2.75) is 33.2 Å². The zero-order chi connectivity index (χ0) is 14.3. The molecule has 0 spiro atoms. The summed E-state index contributed by atoms with van der Waals surface area (Å²) in [4.78, 5) is 26.8. The Morgan fingerprint density at radius 2 is 1.95 bits per heavy atom. The van der Waals surface area contributed by atoms with E-state index in [2.05, 4.69) is 26.0 Å². The Morgan fingerprint density at radius 1 is 1.26 bits per heavy atom. The Labute approximate surface area is 119 Å². The molecule has 0 fully saturated rings. The van der Waals surface area contributed by atoms with E-state index in [-0.39, 0.29) is 24.8 Å². The molecular formula is C11H16BrN3O4. The zero-order valence-electron chi connectivity index (χ0n) is 10.9. The number of halogens is 1. The molecule has 0 N–H and O–H groups in total. The average Bonchev–Trinajstić information content (AvgIpc) is 2.71. The highest BCUT2D eigenvalue weighted by molar-refractivity contribution is 9.10. The molecule has 0 saturated carbocycles. The number of hydrogen-bond donors (Lipinski definition) is 0. The van der Waals surface area contributed by atoms with Crippen LogP contribution < -0.4 is 0 Å². The summed E-state index contributed by atoms with van der Waals surface area (Å²) >= 11 is 3.11. The maximum Gasteiger partial charge on any atom is 0.376 e. The molecule has 1 rings (SSSR count). The molecule has 0 aliphatic rings. The molecule has 0 aliphatic carbocycles. The van der Waals surface area contributed by atoms with Crippen LogP contribution in [-0.2, 0) is 20.8 Å². The topological polar surface area (TPSA) is 83.3 Å². The summed E-state index contributed by atoms with van der Waals surface area (Å²) in [6.45, 7) is 4.50. The van der Waals surface area contributed by atoms with Gasteiger partial charge in [-0.3, -0.25) is 4.79 Å². The number of hydrogen-bond acceptors (Lipinski definition) is 6. The van der Waals surface area contributed by atoms with E-state index < -0.39 is 5.97 Å². The molecular weight excluding hydrogens is 318 g/mol. The smallest absolute Gasteiger partial charge is 0.376 e. The summed E-state index contributed by atoms with van der Waals surface area (Å²) in [5.41, 5.74) is 0. The van der Waals surface area contributed by atoms with Crippen molar-refractivity contribution in [3.05, 3.63) is 10.6 Å². The number of aryl methyl sites for hydroxylation is 1. The van der Waals surface area contributed by atoms with Crippen LogP contribution in [0.4, 0.5) is 0 Å². The lowest BCUT2D eigenvalue weighted by Gasteiger charge is -2.05. The lowest BCUT2D eigenvalue weighted by Crippen LogP contribution is -2.15. The van der Waals surface area contributed by atoms with E-state index in [1.54, 1.807) is 13.8 Å². The van der Waals surface area contributed by atoms with Crippen LogP contribution in [-0.4, -0.2) is 39.9 Å². The molecule has 7 nitrogen and oxygen atoms in total. The molecule has 1 aromatic heterocycles. The highest BCUT2D eigenvalue weighted by Crippen LogP contribution is 2.08. The van der Waals surface area contributed by atoms with Crippen LogP contribution >= 0.6 is 15.9 Å². The Bertz CT molecular complexity index is 447. The molecule has 0 saturated heterocycles. The third-order valence-electron chi connectivity index (χ3n) is 2.16. The third kappa shape index (κ3) is 4.98. The molecule has 8 heteroatoms. The summed E-state index contributed by atoms with van der Waals surface area (Å²) in [6.07, 6.45) is 0.786. The second-order valence-electron chi connectivity index (χ2n) is 3.56. The fourth-order valence-corrected chi connectivity index (χ4v) is 1.78. The molecule has 0 amide bonds. The van der Waals surface area contributed by atoms with Crippen molar-refractivity contribution in [1.29, 1.82) is 0 Å². The van der Waals surface area contributed by atoms with E-state index in [9.17, 15) is 9.59 Å². The predicted molar refractivity (Wildman–Crippen MR) is 69.5 cm³/mol. The average molecular weight is 334 g/mol. The SMILES string of the molecule is CCOC(=O)CCCn1nc(Br)nc1C(=O)OCC. The van der Waals surface area contributed by atoms with Crippen LogP contribution in [0.25, 0.3) is 0 Å². The van der Waals surface area contributed by atoms with E-state index >= 15 is 0 Å². The number of carbonyl (C=O) groups is 2. The third-order valence-corrected chi connectivity index (χ3v) is 2.50. The first-order chi connectivity index (χ1) is 9.08. The van der Waals surface area contributed by atoms with Crippen LogP contribution in [0, 0.1) is 0 Å². The van der Waals surface area contributed by atoms with Gasteiger partial charge in [0.15, 0.2) is 0 Å². The van der Waals surface area contributed by atoms with Crippen LogP contribution in [0.1, 0.15) is 37.3 Å². The van der Waals surface area contributed by atoms with Gasteiger partial charge in [-0.2, -0.15) is 4.98 Å². The summed E-state index contributed by atoms with van der Waals surface area (Å²) in [5.74, 6) is -0.672. The van der Waals surface area contributed by atoms with Crippen molar-refractivity contribution < 1.29 is 19.1 Å². The Hall–Kier alpha value is -1.44. The number of carbonyl (C=O) groups excluding carboxylic acids is 2. The quantitative estimate of drug-likeness (QED) is 0.704. The van der Waals surface area contributed by atoms with E-state index in [1.807, 2.05) is 0 Å². The highest BCUT2D eigenvalue weighted by Gasteiger charge is 2.17. The molecule has 19 heavy (non-hydrogen) atoms. The Morgan fingerprint density at radius 3 is 2.58 bits per heavy atom. The number of aromatic nitrogens is 3. The van der Waals surface area contributed by atoms with Crippen molar-refractivity contribution in [2.24, 2.45) is 0 Å². The first kappa shape index (κ1) is 15.6. The molecule has 0 bridgehead atoms. The van der Waals surface area contributed by atoms with Crippen LogP contribution in [0.2, 0.25) is 0 Å². The first-order valence-electron chi connectivity index (χ1n) is 6.01. The summed E-state index contributed by atoms with van der Waals surface area (Å²) < 4.78 is 11.4. The van der Waals surface area contributed by atoms with Crippen molar-refractivity contribution >= 4 is 27.9 Å². The molecule has 0 aromatic carbocycles. The van der Waals surface area contributed by atoms with Gasteiger partial charge in [-0.25, -0.2) is 9.48 Å². The van der Waals surface area contributed by atoms with Gasteiger partial charge in [-0.15, -0.1) is 5.10 Å². The van der Waals surface area contributed by atoms with Crippen molar-refractivity contribution in [2.75, 3.05) is 13.2 Å². The Kier molecular flexibility index (Phi) is 6.48. The van der Waals surface area contributed by atoms with Gasteiger partial charge in [0.1, 0.15) is 0 Å².